The highest BCUT2D eigenvalue weighted by Gasteiger charge is 2.11. The summed E-state index contributed by atoms with van der Waals surface area (Å²) in [4.78, 5) is 12.6. The van der Waals surface area contributed by atoms with Gasteiger partial charge in [0.2, 0.25) is 0 Å². The van der Waals surface area contributed by atoms with E-state index < -0.39 is 0 Å². The summed E-state index contributed by atoms with van der Waals surface area (Å²) in [6.07, 6.45) is 6.98. The van der Waals surface area contributed by atoms with Crippen LogP contribution in [-0.4, -0.2) is 25.6 Å². The summed E-state index contributed by atoms with van der Waals surface area (Å²) in [6, 6.07) is 11.1. The molecule has 0 radical (unpaired) electrons. The highest BCUT2D eigenvalue weighted by atomic mass is 16.5. The number of carbonyl (C=O) groups is 1. The first-order valence-corrected chi connectivity index (χ1v) is 10.1. The number of aryl methyl sites for hydroxylation is 1. The van der Waals surface area contributed by atoms with Gasteiger partial charge in [0.25, 0.3) is 0 Å². The summed E-state index contributed by atoms with van der Waals surface area (Å²) in [6.45, 7) is 11.2. The van der Waals surface area contributed by atoms with E-state index >= 15 is 0 Å². The summed E-state index contributed by atoms with van der Waals surface area (Å²) >= 11 is 0. The van der Waals surface area contributed by atoms with Crippen LogP contribution in [0.25, 0.3) is 6.08 Å². The van der Waals surface area contributed by atoms with Crippen LogP contribution in [0.5, 0.6) is 17.2 Å². The van der Waals surface area contributed by atoms with E-state index in [4.69, 9.17) is 14.2 Å². The average Bonchev–Trinajstić information content (AvgIpc) is 2.73. The van der Waals surface area contributed by atoms with Crippen LogP contribution < -0.4 is 14.2 Å². The second-order valence-electron chi connectivity index (χ2n) is 6.44. The van der Waals surface area contributed by atoms with E-state index in [1.165, 1.54) is 0 Å². The Balaban J connectivity index is 2.25. The van der Waals surface area contributed by atoms with Gasteiger partial charge in [0, 0.05) is 17.2 Å². The molecular formula is C25H30O4. The molecule has 0 aliphatic rings. The largest absolute Gasteiger partial charge is 0.493 e. The van der Waals surface area contributed by atoms with Gasteiger partial charge in [-0.05, 0) is 68.3 Å². The Morgan fingerprint density at radius 1 is 0.966 bits per heavy atom. The number of allylic oxidation sites excluding steroid dienone is 1. The Hall–Kier alpha value is -3.01. The first-order chi connectivity index (χ1) is 14.1. The molecule has 0 spiro atoms. The average molecular weight is 395 g/mol. The van der Waals surface area contributed by atoms with Gasteiger partial charge in [-0.15, -0.1) is 0 Å². The molecule has 0 unspecified atom stereocenters. The van der Waals surface area contributed by atoms with Gasteiger partial charge in [-0.25, -0.2) is 0 Å². The first kappa shape index (κ1) is 22.3. The van der Waals surface area contributed by atoms with Gasteiger partial charge in [0.1, 0.15) is 23.9 Å². The van der Waals surface area contributed by atoms with Crippen LogP contribution in [0.2, 0.25) is 0 Å². The molecule has 0 N–H and O–H groups in total. The Labute approximate surface area is 173 Å². The molecule has 2 aromatic rings. The summed E-state index contributed by atoms with van der Waals surface area (Å²) in [5, 5.41) is 0. The lowest BCUT2D eigenvalue weighted by Gasteiger charge is -2.15. The van der Waals surface area contributed by atoms with Gasteiger partial charge in [-0.2, -0.15) is 0 Å². The highest BCUT2D eigenvalue weighted by Crippen LogP contribution is 2.31. The van der Waals surface area contributed by atoms with Crippen LogP contribution in [0.4, 0.5) is 0 Å². The summed E-state index contributed by atoms with van der Waals surface area (Å²) in [5.41, 5.74) is 2.59. The van der Waals surface area contributed by atoms with Gasteiger partial charge in [-0.1, -0.05) is 26.0 Å². The predicted molar refractivity (Wildman–Crippen MR) is 118 cm³/mol. The van der Waals surface area contributed by atoms with Crippen molar-refractivity contribution in [1.29, 1.82) is 0 Å². The highest BCUT2D eigenvalue weighted by molar-refractivity contribution is 6.07. The van der Waals surface area contributed by atoms with Crippen LogP contribution in [0.3, 0.4) is 0 Å². The normalized spacial score (nSPS) is 10.7. The number of hydrogen-bond acceptors (Lipinski definition) is 4. The lowest BCUT2D eigenvalue weighted by molar-refractivity contribution is 0.104. The molecule has 2 rings (SSSR count). The van der Waals surface area contributed by atoms with Crippen molar-refractivity contribution in [3.8, 4) is 17.2 Å². The molecule has 0 amide bonds. The minimum Gasteiger partial charge on any atom is -0.493 e. The summed E-state index contributed by atoms with van der Waals surface area (Å²) in [7, 11) is 0. The van der Waals surface area contributed by atoms with Crippen molar-refractivity contribution in [2.75, 3.05) is 19.8 Å². The molecule has 4 heteroatoms. The van der Waals surface area contributed by atoms with Crippen molar-refractivity contribution in [3.63, 3.8) is 0 Å². The molecule has 0 aromatic heterocycles. The monoisotopic (exact) mass is 394 g/mol. The minimum absolute atomic E-state index is 0.0753. The van der Waals surface area contributed by atoms with Crippen LogP contribution in [0.1, 0.15) is 48.7 Å². The number of benzene rings is 2. The van der Waals surface area contributed by atoms with Crippen LogP contribution in [0.15, 0.2) is 55.1 Å². The maximum absolute atomic E-state index is 12.6. The summed E-state index contributed by atoms with van der Waals surface area (Å²) in [5.74, 6) is 2.19. The molecule has 0 saturated carbocycles. The van der Waals surface area contributed by atoms with Crippen LogP contribution >= 0.6 is 0 Å². The van der Waals surface area contributed by atoms with E-state index in [0.29, 0.717) is 36.9 Å². The third-order valence-corrected chi connectivity index (χ3v) is 4.23. The van der Waals surface area contributed by atoms with E-state index in [0.717, 1.165) is 29.7 Å². The fourth-order valence-electron chi connectivity index (χ4n) is 2.92. The number of ketones is 1. The third kappa shape index (κ3) is 6.53. The fourth-order valence-corrected chi connectivity index (χ4v) is 2.92. The molecule has 0 aliphatic carbocycles. The molecule has 154 valence electrons. The molecule has 0 bridgehead atoms. The lowest BCUT2D eigenvalue weighted by atomic mass is 10.0. The minimum atomic E-state index is -0.0753. The number of ether oxygens (including phenoxy) is 3. The van der Waals surface area contributed by atoms with Crippen molar-refractivity contribution in [1.82, 2.24) is 0 Å². The Kier molecular flexibility index (Phi) is 9.03. The third-order valence-electron chi connectivity index (χ3n) is 4.23. The van der Waals surface area contributed by atoms with Crippen LogP contribution in [-0.2, 0) is 6.42 Å². The van der Waals surface area contributed by atoms with Crippen molar-refractivity contribution in [2.24, 2.45) is 0 Å². The number of rotatable bonds is 12. The molecule has 0 saturated heterocycles. The zero-order valence-corrected chi connectivity index (χ0v) is 17.6. The maximum atomic E-state index is 12.6. The fraction of sp³-hybridized carbons (Fsp3) is 0.320. The van der Waals surface area contributed by atoms with Gasteiger partial charge in [-0.3, -0.25) is 4.79 Å². The molecular weight excluding hydrogens is 364 g/mol. The Morgan fingerprint density at radius 3 is 2.28 bits per heavy atom. The first-order valence-electron chi connectivity index (χ1n) is 10.1. The maximum Gasteiger partial charge on any atom is 0.185 e. The molecule has 29 heavy (non-hydrogen) atoms. The van der Waals surface area contributed by atoms with Crippen molar-refractivity contribution in [3.05, 3.63) is 71.8 Å². The zero-order chi connectivity index (χ0) is 21.1. The van der Waals surface area contributed by atoms with E-state index in [1.807, 2.05) is 26.0 Å². The Bertz CT molecular complexity index is 835. The van der Waals surface area contributed by atoms with Crippen molar-refractivity contribution < 1.29 is 19.0 Å². The topological polar surface area (TPSA) is 44.8 Å². The second-order valence-corrected chi connectivity index (χ2v) is 6.44. The molecule has 2 aromatic carbocycles. The van der Waals surface area contributed by atoms with Crippen molar-refractivity contribution >= 4 is 11.9 Å². The SMILES string of the molecule is C=CCOc1ccc(C(=O)/C=C/c2cc(CCC)c(OCC)cc2OCC)cc1. The van der Waals surface area contributed by atoms with Gasteiger partial charge in [0.15, 0.2) is 5.78 Å². The molecule has 0 atom stereocenters. The van der Waals surface area contributed by atoms with Crippen molar-refractivity contribution in [2.45, 2.75) is 33.6 Å². The quantitative estimate of drug-likeness (QED) is 0.255. The Morgan fingerprint density at radius 2 is 1.66 bits per heavy atom. The smallest absolute Gasteiger partial charge is 0.185 e. The van der Waals surface area contributed by atoms with E-state index in [9.17, 15) is 4.79 Å². The predicted octanol–water partition coefficient (Wildman–Crippen LogP) is 5.90. The van der Waals surface area contributed by atoms with E-state index in [2.05, 4.69) is 19.6 Å². The summed E-state index contributed by atoms with van der Waals surface area (Å²) < 4.78 is 17.0. The number of carbonyl (C=O) groups excluding carboxylic acids is 1. The standard InChI is InChI=1S/C25H30O4/c1-5-9-20-17-21(25(28-8-4)18-24(20)27-7-3)12-15-23(26)19-10-13-22(14-11-19)29-16-6-2/h6,10-15,17-18H,2,5,7-9,16H2,1,3-4H3/b15-12+. The second kappa shape index (κ2) is 11.7. The molecule has 0 fully saturated rings. The van der Waals surface area contributed by atoms with E-state index in [-0.39, 0.29) is 5.78 Å². The van der Waals surface area contributed by atoms with Gasteiger partial charge >= 0.3 is 0 Å². The molecule has 0 aliphatic heterocycles. The van der Waals surface area contributed by atoms with Gasteiger partial charge in [0.05, 0.1) is 13.2 Å². The number of hydrogen-bond donors (Lipinski definition) is 0. The molecule has 0 heterocycles. The zero-order valence-electron chi connectivity index (χ0n) is 17.6. The van der Waals surface area contributed by atoms with Crippen LogP contribution in [0, 0.1) is 0 Å². The van der Waals surface area contributed by atoms with Gasteiger partial charge < -0.3 is 14.2 Å². The lowest BCUT2D eigenvalue weighted by Crippen LogP contribution is -2.01. The van der Waals surface area contributed by atoms with E-state index in [1.54, 1.807) is 36.4 Å². The molecule has 4 nitrogen and oxygen atoms in total.